The average molecular weight is 281 g/mol. The van der Waals surface area contributed by atoms with Crippen LogP contribution in [0.2, 0.25) is 0 Å². The van der Waals surface area contributed by atoms with Gasteiger partial charge in [-0.2, -0.15) is 0 Å². The third-order valence-electron chi connectivity index (χ3n) is 4.37. The van der Waals surface area contributed by atoms with Crippen molar-refractivity contribution in [3.8, 4) is 0 Å². The second-order valence-electron chi connectivity index (χ2n) is 6.02. The minimum atomic E-state index is -0.655. The van der Waals surface area contributed by atoms with Gasteiger partial charge in [-0.15, -0.1) is 0 Å². The number of unbranched alkanes of at least 4 members (excludes halogenated alkanes) is 5. The van der Waals surface area contributed by atoms with Crippen molar-refractivity contribution in [1.82, 2.24) is 15.5 Å². The first kappa shape index (κ1) is 15.3. The minimum Gasteiger partial charge on any atom is -0.322 e. The van der Waals surface area contributed by atoms with Crippen LogP contribution >= 0.6 is 0 Å². The number of carbonyl (C=O) groups excluding carboxylic acids is 2. The summed E-state index contributed by atoms with van der Waals surface area (Å²) >= 11 is 0. The van der Waals surface area contributed by atoms with Crippen LogP contribution in [0.15, 0.2) is 0 Å². The van der Waals surface area contributed by atoms with E-state index in [0.29, 0.717) is 13.1 Å². The number of nitrogens with zero attached hydrogens (tertiary/aromatic N) is 1. The van der Waals surface area contributed by atoms with E-state index in [1.54, 1.807) is 0 Å². The Balaban J connectivity index is 1.77. The fourth-order valence-corrected chi connectivity index (χ4v) is 3.12. The summed E-state index contributed by atoms with van der Waals surface area (Å²) in [5.74, 6) is -0.0248. The highest BCUT2D eigenvalue weighted by molar-refractivity contribution is 6.07. The normalized spacial score (nSPS) is 26.4. The lowest BCUT2D eigenvalue weighted by molar-refractivity contribution is -0.131. The van der Waals surface area contributed by atoms with E-state index >= 15 is 0 Å². The Hall–Kier alpha value is -1.10. The van der Waals surface area contributed by atoms with E-state index in [4.69, 9.17) is 0 Å². The van der Waals surface area contributed by atoms with Crippen molar-refractivity contribution < 1.29 is 9.59 Å². The molecule has 5 heteroatoms. The fourth-order valence-electron chi connectivity index (χ4n) is 3.12. The van der Waals surface area contributed by atoms with Gasteiger partial charge in [0.15, 0.2) is 0 Å². The van der Waals surface area contributed by atoms with Crippen molar-refractivity contribution in [2.24, 2.45) is 0 Å². The van der Waals surface area contributed by atoms with Crippen molar-refractivity contribution >= 4 is 11.9 Å². The molecule has 20 heavy (non-hydrogen) atoms. The summed E-state index contributed by atoms with van der Waals surface area (Å²) in [6.45, 7) is 4.27. The van der Waals surface area contributed by atoms with E-state index < -0.39 is 5.54 Å². The van der Waals surface area contributed by atoms with Gasteiger partial charge in [0.05, 0.1) is 0 Å². The number of amides is 3. The molecule has 1 unspecified atom stereocenters. The molecule has 0 aromatic heterocycles. The third kappa shape index (κ3) is 3.32. The van der Waals surface area contributed by atoms with Crippen LogP contribution in [0.4, 0.5) is 4.79 Å². The topological polar surface area (TPSA) is 61.4 Å². The zero-order chi connectivity index (χ0) is 14.4. The van der Waals surface area contributed by atoms with Gasteiger partial charge >= 0.3 is 6.03 Å². The molecule has 0 radical (unpaired) electrons. The molecule has 0 aromatic rings. The van der Waals surface area contributed by atoms with Gasteiger partial charge in [-0.05, 0) is 25.8 Å². The maximum atomic E-state index is 12.5. The van der Waals surface area contributed by atoms with E-state index in [9.17, 15) is 9.59 Å². The molecule has 5 nitrogen and oxygen atoms in total. The van der Waals surface area contributed by atoms with Gasteiger partial charge in [0.25, 0.3) is 5.91 Å². The minimum absolute atomic E-state index is 0.0248. The number of rotatable bonds is 7. The summed E-state index contributed by atoms with van der Waals surface area (Å²) < 4.78 is 0. The largest absolute Gasteiger partial charge is 0.325 e. The van der Waals surface area contributed by atoms with Crippen molar-refractivity contribution in [2.45, 2.75) is 63.8 Å². The summed E-state index contributed by atoms with van der Waals surface area (Å²) in [6, 6.07) is -0.202. The standard InChI is InChI=1S/C15H27N3O2/c1-2-3-4-5-6-7-11-18-13(19)15(17-14(18)20)9-8-10-16-12-15/h16H,2-12H2,1H3,(H,17,20). The Morgan fingerprint density at radius 1 is 1.15 bits per heavy atom. The quantitative estimate of drug-likeness (QED) is 0.554. The lowest BCUT2D eigenvalue weighted by atomic mass is 9.90. The second-order valence-corrected chi connectivity index (χ2v) is 6.02. The molecular weight excluding hydrogens is 254 g/mol. The van der Waals surface area contributed by atoms with Crippen LogP contribution in [-0.4, -0.2) is 42.0 Å². The van der Waals surface area contributed by atoms with Gasteiger partial charge in [0.1, 0.15) is 5.54 Å². The lowest BCUT2D eigenvalue weighted by Gasteiger charge is -2.31. The monoisotopic (exact) mass is 281 g/mol. The molecule has 2 heterocycles. The third-order valence-corrected chi connectivity index (χ3v) is 4.37. The van der Waals surface area contributed by atoms with Gasteiger partial charge in [-0.25, -0.2) is 4.79 Å². The van der Waals surface area contributed by atoms with Crippen molar-refractivity contribution in [2.75, 3.05) is 19.6 Å². The van der Waals surface area contributed by atoms with Gasteiger partial charge in [-0.3, -0.25) is 9.69 Å². The highest BCUT2D eigenvalue weighted by Crippen LogP contribution is 2.25. The molecule has 1 atom stereocenters. The van der Waals surface area contributed by atoms with E-state index in [1.807, 2.05) is 0 Å². The molecular formula is C15H27N3O2. The zero-order valence-electron chi connectivity index (χ0n) is 12.5. The Labute approximate surface area is 121 Å². The number of nitrogens with one attached hydrogen (secondary N) is 2. The van der Waals surface area contributed by atoms with Crippen LogP contribution in [0.1, 0.15) is 58.3 Å². The maximum absolute atomic E-state index is 12.5. The van der Waals surface area contributed by atoms with Crippen LogP contribution in [0, 0.1) is 0 Å². The molecule has 114 valence electrons. The van der Waals surface area contributed by atoms with Gasteiger partial charge in [-0.1, -0.05) is 39.0 Å². The SMILES string of the molecule is CCCCCCCCN1C(=O)NC2(CCCNC2)C1=O. The van der Waals surface area contributed by atoms with Crippen molar-refractivity contribution in [3.05, 3.63) is 0 Å². The molecule has 2 N–H and O–H groups in total. The molecule has 0 aliphatic carbocycles. The highest BCUT2D eigenvalue weighted by Gasteiger charge is 2.51. The van der Waals surface area contributed by atoms with E-state index in [-0.39, 0.29) is 11.9 Å². The van der Waals surface area contributed by atoms with Gasteiger partial charge < -0.3 is 10.6 Å². The zero-order valence-corrected chi connectivity index (χ0v) is 12.5. The number of piperidine rings is 1. The van der Waals surface area contributed by atoms with Gasteiger partial charge in [0, 0.05) is 13.1 Å². The first-order valence-electron chi connectivity index (χ1n) is 8.04. The van der Waals surface area contributed by atoms with Gasteiger partial charge in [0.2, 0.25) is 0 Å². The molecule has 3 amide bonds. The number of imide groups is 1. The predicted molar refractivity (Wildman–Crippen MR) is 78.5 cm³/mol. The van der Waals surface area contributed by atoms with Crippen LogP contribution in [-0.2, 0) is 4.79 Å². The molecule has 0 bridgehead atoms. The van der Waals surface area contributed by atoms with E-state index in [0.717, 1.165) is 32.2 Å². The summed E-state index contributed by atoms with van der Waals surface area (Å²) in [4.78, 5) is 25.9. The molecule has 2 aliphatic rings. The predicted octanol–water partition coefficient (Wildman–Crippen LogP) is 2.02. The Bertz CT molecular complexity index is 351. The van der Waals surface area contributed by atoms with E-state index in [1.165, 1.54) is 30.6 Å². The summed E-state index contributed by atoms with van der Waals surface area (Å²) in [6.07, 6.45) is 8.69. The Morgan fingerprint density at radius 3 is 2.60 bits per heavy atom. The van der Waals surface area contributed by atoms with Crippen molar-refractivity contribution in [3.63, 3.8) is 0 Å². The molecule has 1 spiro atoms. The first-order valence-corrected chi connectivity index (χ1v) is 8.04. The van der Waals surface area contributed by atoms with Crippen LogP contribution < -0.4 is 10.6 Å². The molecule has 0 aromatic carbocycles. The first-order chi connectivity index (χ1) is 9.69. The number of urea groups is 1. The summed E-state index contributed by atoms with van der Waals surface area (Å²) in [5, 5.41) is 6.12. The smallest absolute Gasteiger partial charge is 0.322 e. The summed E-state index contributed by atoms with van der Waals surface area (Å²) in [7, 11) is 0. The summed E-state index contributed by atoms with van der Waals surface area (Å²) in [5.41, 5.74) is -0.655. The number of hydrogen-bond acceptors (Lipinski definition) is 3. The molecule has 2 fully saturated rings. The number of carbonyl (C=O) groups is 2. The number of hydrogen-bond donors (Lipinski definition) is 2. The molecule has 2 saturated heterocycles. The molecule has 2 rings (SSSR count). The Kier molecular flexibility index (Phi) is 5.40. The Morgan fingerprint density at radius 2 is 1.90 bits per heavy atom. The molecule has 0 saturated carbocycles. The van der Waals surface area contributed by atoms with Crippen molar-refractivity contribution in [1.29, 1.82) is 0 Å². The average Bonchev–Trinajstić information content (AvgIpc) is 2.67. The van der Waals surface area contributed by atoms with Crippen LogP contribution in [0.3, 0.4) is 0 Å². The molecule has 2 aliphatic heterocycles. The maximum Gasteiger partial charge on any atom is 0.325 e. The van der Waals surface area contributed by atoms with E-state index in [2.05, 4.69) is 17.6 Å². The fraction of sp³-hybridized carbons (Fsp3) is 0.867. The lowest BCUT2D eigenvalue weighted by Crippen LogP contribution is -2.57. The highest BCUT2D eigenvalue weighted by atomic mass is 16.2. The second kappa shape index (κ2) is 7.07. The van der Waals surface area contributed by atoms with Crippen LogP contribution in [0.5, 0.6) is 0 Å². The van der Waals surface area contributed by atoms with Crippen LogP contribution in [0.25, 0.3) is 0 Å².